The molecule has 4 atom stereocenters. The second-order valence-electron chi connectivity index (χ2n) is 31.7. The Morgan fingerprint density at radius 2 is 0.544 bits per heavy atom. The van der Waals surface area contributed by atoms with Crippen LogP contribution in [0.25, 0.3) is 0 Å². The van der Waals surface area contributed by atoms with E-state index >= 15 is 0 Å². The Morgan fingerprint density at radius 1 is 0.272 bits per heavy atom. The molecule has 0 aromatic carbocycles. The normalized spacial score (nSPS) is 12.6. The van der Waals surface area contributed by atoms with Gasteiger partial charge < -0.3 is 58.7 Å². The molecule has 0 amide bonds. The fourth-order valence-corrected chi connectivity index (χ4v) is 14.2. The van der Waals surface area contributed by atoms with Gasteiger partial charge >= 0.3 is 59.9 Å². The highest BCUT2D eigenvalue weighted by atomic mass is 16.7. The third-order valence-corrected chi connectivity index (χ3v) is 21.0. The predicted molar refractivity (Wildman–Crippen MR) is 446 cm³/mol. The maximum Gasteiger partial charge on any atom is 0.508 e. The van der Waals surface area contributed by atoms with E-state index in [1.165, 1.54) is 210 Å². The summed E-state index contributed by atoms with van der Waals surface area (Å²) in [6.07, 6.45) is 52.9. The Bertz CT molecular complexity index is 2310. The van der Waals surface area contributed by atoms with Gasteiger partial charge in [-0.1, -0.05) is 336 Å². The highest BCUT2D eigenvalue weighted by molar-refractivity contribution is 5.81. The summed E-state index contributed by atoms with van der Waals surface area (Å²) in [6, 6.07) is -1.68. The number of hydrogen-bond donors (Lipinski definition) is 5. The van der Waals surface area contributed by atoms with Crippen molar-refractivity contribution in [3.8, 4) is 0 Å². The number of carbonyl (C=O) groups excluding carboxylic acids is 5. The number of hydrogen-bond acceptors (Lipinski definition) is 20. The van der Waals surface area contributed by atoms with Crippen LogP contribution in [-0.2, 0) is 76.3 Å². The van der Waals surface area contributed by atoms with Crippen molar-refractivity contribution in [2.45, 2.75) is 424 Å². The summed E-state index contributed by atoms with van der Waals surface area (Å²) >= 11 is 0. The topological polar surface area (TPSA) is 346 Å². The molecule has 25 nitrogen and oxygen atoms in total. The Morgan fingerprint density at radius 3 is 0.851 bits per heavy atom. The number of carbonyl (C=O) groups is 10. The van der Waals surface area contributed by atoms with Gasteiger partial charge in [-0.2, -0.15) is 0 Å². The Kier molecular flexibility index (Phi) is 75.8. The number of esters is 4. The monoisotopic (exact) mass is 1630 g/mol. The number of rotatable bonds is 88. The lowest BCUT2D eigenvalue weighted by Gasteiger charge is -2.32. The van der Waals surface area contributed by atoms with Crippen LogP contribution in [0.4, 0.5) is 4.79 Å². The van der Waals surface area contributed by atoms with Crippen molar-refractivity contribution in [1.29, 1.82) is 0 Å². The summed E-state index contributed by atoms with van der Waals surface area (Å²) in [4.78, 5) is 132. The van der Waals surface area contributed by atoms with Crippen LogP contribution in [-0.4, -0.2) is 210 Å². The summed E-state index contributed by atoms with van der Waals surface area (Å²) in [5.74, 6) is -9.59. The van der Waals surface area contributed by atoms with Gasteiger partial charge in [-0.25, -0.2) is 4.79 Å². The number of carboxylic acid groups (broad SMARTS) is 5. The molecule has 114 heavy (non-hydrogen) atoms. The first-order chi connectivity index (χ1) is 55.3. The smallest absolute Gasteiger partial charge is 0.480 e. The first kappa shape index (κ1) is 108. The molecule has 666 valence electrons. The second kappa shape index (κ2) is 79.8. The summed E-state index contributed by atoms with van der Waals surface area (Å²) < 4.78 is 42.0. The van der Waals surface area contributed by atoms with Gasteiger partial charge in [0.25, 0.3) is 0 Å². The first-order valence-electron chi connectivity index (χ1n) is 45.7. The minimum absolute atomic E-state index is 0.0423. The molecule has 0 bridgehead atoms. The lowest BCUT2D eigenvalue weighted by atomic mass is 10.0. The number of carboxylic acids is 5. The first-order valence-corrected chi connectivity index (χ1v) is 45.7. The number of ether oxygens (including phenoxy) is 7. The number of unbranched alkanes of at least 4 members (excludes halogenated alkanes) is 49. The Hall–Kier alpha value is -5.66. The average molecular weight is 1630 g/mol. The molecule has 0 fully saturated rings. The standard InChI is InChI=1S/C89H163N3O22/c1-5-9-13-17-21-25-29-33-37-41-45-49-53-59-83(101)111-74-77(108-66-56-52-48-44-40-36-32-28-24-20-16-12-8-4)87(78(113-85(103)61-55-51-47-43-39-35-31-27-23-19-15-11-7-3)75-112-84(102)60-54-50-46-42-38-34-30-26-22-18-14-10-6-2)114-89(107)110-68-58-57-67-109-86(104)69-76(88(105)106)92(64-62-90(70-79(93)94)71-80(95)96)65-63-91(72-81(97)98)73-82(99)100/h76-78,87H,5-75H2,1-4H3,(H,93,94)(H,95,96)(H,97,98)(H,99,100)(H,105,106). The van der Waals surface area contributed by atoms with Crippen molar-refractivity contribution < 1.29 is 107 Å². The molecule has 0 saturated heterocycles. The van der Waals surface area contributed by atoms with Gasteiger partial charge in [0.1, 0.15) is 25.4 Å². The molecule has 0 aromatic rings. The van der Waals surface area contributed by atoms with Gasteiger partial charge in [0, 0.05) is 52.0 Å². The molecule has 0 aliphatic heterocycles. The van der Waals surface area contributed by atoms with E-state index in [4.69, 9.17) is 33.2 Å². The lowest BCUT2D eigenvalue weighted by Crippen LogP contribution is -2.50. The average Bonchev–Trinajstić information content (AvgIpc) is 0.864. The molecule has 5 N–H and O–H groups in total. The maximum atomic E-state index is 14.2. The fraction of sp³-hybridized carbons (Fsp3) is 0.888. The van der Waals surface area contributed by atoms with E-state index in [0.29, 0.717) is 25.7 Å². The Labute approximate surface area is 688 Å². The molecule has 0 aliphatic rings. The molecule has 0 spiro atoms. The highest BCUT2D eigenvalue weighted by Gasteiger charge is 2.40. The summed E-state index contributed by atoms with van der Waals surface area (Å²) in [7, 11) is 0. The van der Waals surface area contributed by atoms with Crippen LogP contribution in [0.5, 0.6) is 0 Å². The molecule has 0 saturated carbocycles. The van der Waals surface area contributed by atoms with Crippen molar-refractivity contribution in [3.63, 3.8) is 0 Å². The van der Waals surface area contributed by atoms with Crippen LogP contribution in [0.3, 0.4) is 0 Å². The highest BCUT2D eigenvalue weighted by Crippen LogP contribution is 2.23. The van der Waals surface area contributed by atoms with Crippen molar-refractivity contribution in [2.24, 2.45) is 0 Å². The fourth-order valence-electron chi connectivity index (χ4n) is 14.2. The number of aliphatic carboxylic acids is 5. The summed E-state index contributed by atoms with van der Waals surface area (Å²) in [5, 5.41) is 48.2. The maximum absolute atomic E-state index is 14.2. The molecular weight excluding hydrogens is 1460 g/mol. The van der Waals surface area contributed by atoms with E-state index in [2.05, 4.69) is 27.7 Å². The van der Waals surface area contributed by atoms with E-state index in [1.54, 1.807) is 0 Å². The zero-order valence-electron chi connectivity index (χ0n) is 72.0. The predicted octanol–water partition coefficient (Wildman–Crippen LogP) is 19.8. The van der Waals surface area contributed by atoms with Crippen LogP contribution in [0.15, 0.2) is 0 Å². The largest absolute Gasteiger partial charge is 0.508 e. The molecular formula is C89H163N3O22. The minimum Gasteiger partial charge on any atom is -0.480 e. The molecule has 0 radical (unpaired) electrons. The second-order valence-corrected chi connectivity index (χ2v) is 31.7. The summed E-state index contributed by atoms with van der Waals surface area (Å²) in [5.41, 5.74) is 0. The lowest BCUT2D eigenvalue weighted by molar-refractivity contribution is -0.183. The molecule has 0 rings (SSSR count). The van der Waals surface area contributed by atoms with E-state index in [9.17, 15) is 73.5 Å². The van der Waals surface area contributed by atoms with E-state index in [0.717, 1.165) is 113 Å². The van der Waals surface area contributed by atoms with Gasteiger partial charge in [0.15, 0.2) is 12.2 Å². The zero-order chi connectivity index (χ0) is 84.0. The van der Waals surface area contributed by atoms with Crippen molar-refractivity contribution in [3.05, 3.63) is 0 Å². The molecule has 4 unspecified atom stereocenters. The van der Waals surface area contributed by atoms with Crippen molar-refractivity contribution >= 4 is 59.9 Å². The van der Waals surface area contributed by atoms with Gasteiger partial charge in [-0.05, 0) is 38.5 Å². The molecule has 0 aliphatic carbocycles. The molecule has 0 heterocycles. The van der Waals surface area contributed by atoms with Gasteiger partial charge in [-0.3, -0.25) is 57.9 Å². The van der Waals surface area contributed by atoms with Crippen LogP contribution in [0.1, 0.15) is 400 Å². The van der Waals surface area contributed by atoms with E-state index < -0.39 is 123 Å². The van der Waals surface area contributed by atoms with Crippen molar-refractivity contribution in [1.82, 2.24) is 14.7 Å². The third kappa shape index (κ3) is 71.6. The van der Waals surface area contributed by atoms with Crippen LogP contribution in [0, 0.1) is 0 Å². The third-order valence-electron chi connectivity index (χ3n) is 21.0. The van der Waals surface area contributed by atoms with E-state index in [1.807, 2.05) is 0 Å². The zero-order valence-corrected chi connectivity index (χ0v) is 72.0. The van der Waals surface area contributed by atoms with Crippen LogP contribution in [0.2, 0.25) is 0 Å². The SMILES string of the molecule is CCCCCCCCCCCCCCCOC(COC(=O)CCCCCCCCCCCCCCC)C(OC(=O)OCCCCOC(=O)CC(C(=O)O)N(CCN(CC(=O)O)CC(=O)O)CCN(CC(=O)O)CC(=O)O)C(COC(=O)CCCCCCCCCCCCCCC)OC(=O)CCCCCCCCCCCCCCC. The van der Waals surface area contributed by atoms with E-state index in [-0.39, 0.29) is 84.7 Å². The van der Waals surface area contributed by atoms with Crippen LogP contribution < -0.4 is 0 Å². The summed E-state index contributed by atoms with van der Waals surface area (Å²) in [6.45, 7) is 3.37. The Balaban J connectivity index is 6.95. The van der Waals surface area contributed by atoms with Crippen LogP contribution >= 0.6 is 0 Å². The number of nitrogens with zero attached hydrogens (tertiary/aromatic N) is 3. The van der Waals surface area contributed by atoms with Gasteiger partial charge in [-0.15, -0.1) is 0 Å². The van der Waals surface area contributed by atoms with Gasteiger partial charge in [0.05, 0.1) is 45.8 Å². The quantitative estimate of drug-likeness (QED) is 0.0214. The van der Waals surface area contributed by atoms with Crippen molar-refractivity contribution in [2.75, 3.05) is 85.4 Å². The van der Waals surface area contributed by atoms with Gasteiger partial charge in [0.2, 0.25) is 0 Å². The molecule has 0 aromatic heterocycles. The molecule has 25 heteroatoms. The minimum atomic E-state index is -1.68.